The number of fused-ring (bicyclic) bond motifs is 1. The topological polar surface area (TPSA) is 60.7 Å². The fraction of sp³-hybridized carbons (Fsp3) is 0. The van der Waals surface area contributed by atoms with Gasteiger partial charge in [-0.15, -0.1) is 0 Å². The highest BCUT2D eigenvalue weighted by Gasteiger charge is 2.02. The molecule has 0 saturated heterocycles. The Morgan fingerprint density at radius 2 is 1.94 bits per heavy atom. The molecule has 0 aliphatic rings. The highest BCUT2D eigenvalue weighted by atomic mass is 16.1. The number of aromatic nitrogens is 4. The van der Waals surface area contributed by atoms with Gasteiger partial charge in [-0.3, -0.25) is 14.3 Å². The summed E-state index contributed by atoms with van der Waals surface area (Å²) in [6.45, 7) is 0. The van der Waals surface area contributed by atoms with E-state index in [9.17, 15) is 4.79 Å². The molecule has 0 atom stereocenters. The van der Waals surface area contributed by atoms with Crippen LogP contribution in [0, 0.1) is 0 Å². The summed E-state index contributed by atoms with van der Waals surface area (Å²) < 4.78 is 1.55. The standard InChI is InChI=1S/C12H8N4O/c17-12-5-11-9(6-14-8-15-11)7-16(12)10-1-3-13-4-2-10/h1-8H. The largest absolute Gasteiger partial charge is 0.283 e. The Labute approximate surface area is 96.4 Å². The van der Waals surface area contributed by atoms with Crippen LogP contribution in [0.3, 0.4) is 0 Å². The predicted octanol–water partition coefficient (Wildman–Crippen LogP) is 1.18. The van der Waals surface area contributed by atoms with Gasteiger partial charge in [0, 0.05) is 36.2 Å². The van der Waals surface area contributed by atoms with Crippen molar-refractivity contribution in [1.82, 2.24) is 19.5 Å². The molecule has 0 N–H and O–H groups in total. The van der Waals surface area contributed by atoms with Gasteiger partial charge in [-0.2, -0.15) is 0 Å². The van der Waals surface area contributed by atoms with Gasteiger partial charge in [-0.25, -0.2) is 9.97 Å². The van der Waals surface area contributed by atoms with Crippen molar-refractivity contribution in [2.45, 2.75) is 0 Å². The SMILES string of the molecule is O=c1cc2ncncc2cn1-c1ccncc1. The van der Waals surface area contributed by atoms with E-state index in [1.165, 1.54) is 12.4 Å². The van der Waals surface area contributed by atoms with Crippen LogP contribution in [0.2, 0.25) is 0 Å². The zero-order chi connectivity index (χ0) is 11.7. The van der Waals surface area contributed by atoms with Crippen LogP contribution >= 0.6 is 0 Å². The Kier molecular flexibility index (Phi) is 2.15. The van der Waals surface area contributed by atoms with E-state index < -0.39 is 0 Å². The molecule has 0 spiro atoms. The zero-order valence-electron chi connectivity index (χ0n) is 8.82. The first-order valence-corrected chi connectivity index (χ1v) is 5.07. The third-order valence-corrected chi connectivity index (χ3v) is 2.48. The molecule has 0 unspecified atom stereocenters. The first-order chi connectivity index (χ1) is 8.34. The third-order valence-electron chi connectivity index (χ3n) is 2.48. The number of pyridine rings is 2. The van der Waals surface area contributed by atoms with Crippen molar-refractivity contribution in [2.75, 3.05) is 0 Å². The molecule has 0 saturated carbocycles. The average Bonchev–Trinajstić information content (AvgIpc) is 2.39. The van der Waals surface area contributed by atoms with Gasteiger partial charge < -0.3 is 0 Å². The van der Waals surface area contributed by atoms with Gasteiger partial charge in [0.1, 0.15) is 6.33 Å². The molecule has 3 aromatic heterocycles. The lowest BCUT2D eigenvalue weighted by Gasteiger charge is -2.05. The second-order valence-electron chi connectivity index (χ2n) is 3.55. The third kappa shape index (κ3) is 1.67. The highest BCUT2D eigenvalue weighted by molar-refractivity contribution is 5.76. The Morgan fingerprint density at radius 1 is 1.12 bits per heavy atom. The lowest BCUT2D eigenvalue weighted by Crippen LogP contribution is -2.16. The van der Waals surface area contributed by atoms with E-state index in [4.69, 9.17) is 0 Å². The van der Waals surface area contributed by atoms with Crippen LogP contribution in [0.15, 0.2) is 54.1 Å². The van der Waals surface area contributed by atoms with Crippen molar-refractivity contribution >= 4 is 10.9 Å². The maximum atomic E-state index is 11.9. The zero-order valence-corrected chi connectivity index (χ0v) is 8.82. The second kappa shape index (κ2) is 3.79. The van der Waals surface area contributed by atoms with E-state index in [0.717, 1.165) is 11.1 Å². The van der Waals surface area contributed by atoms with Gasteiger partial charge in [0.15, 0.2) is 0 Å². The van der Waals surface area contributed by atoms with E-state index in [-0.39, 0.29) is 5.56 Å². The van der Waals surface area contributed by atoms with E-state index in [1.54, 1.807) is 41.5 Å². The van der Waals surface area contributed by atoms with Crippen LogP contribution in [-0.4, -0.2) is 19.5 Å². The van der Waals surface area contributed by atoms with Crippen molar-refractivity contribution in [3.8, 4) is 5.69 Å². The van der Waals surface area contributed by atoms with Gasteiger partial charge in [-0.1, -0.05) is 0 Å². The Bertz CT molecular complexity index is 721. The highest BCUT2D eigenvalue weighted by Crippen LogP contribution is 2.09. The van der Waals surface area contributed by atoms with Crippen LogP contribution in [0.25, 0.3) is 16.6 Å². The second-order valence-corrected chi connectivity index (χ2v) is 3.55. The summed E-state index contributed by atoms with van der Waals surface area (Å²) in [5.74, 6) is 0. The molecule has 0 radical (unpaired) electrons. The summed E-state index contributed by atoms with van der Waals surface area (Å²) in [4.78, 5) is 23.8. The van der Waals surface area contributed by atoms with Gasteiger partial charge in [0.05, 0.1) is 11.2 Å². The minimum atomic E-state index is -0.123. The number of rotatable bonds is 1. The smallest absolute Gasteiger partial charge is 0.257 e. The molecule has 0 fully saturated rings. The first kappa shape index (κ1) is 9.65. The summed E-state index contributed by atoms with van der Waals surface area (Å²) in [6.07, 6.45) is 8.13. The van der Waals surface area contributed by atoms with Crippen molar-refractivity contribution in [2.24, 2.45) is 0 Å². The molecule has 0 bridgehead atoms. The molecule has 3 aromatic rings. The fourth-order valence-electron chi connectivity index (χ4n) is 1.67. The fourth-order valence-corrected chi connectivity index (χ4v) is 1.67. The van der Waals surface area contributed by atoms with Crippen molar-refractivity contribution in [3.05, 3.63) is 59.7 Å². The van der Waals surface area contributed by atoms with E-state index in [0.29, 0.717) is 5.52 Å². The summed E-state index contributed by atoms with van der Waals surface area (Å²) in [5, 5.41) is 0.823. The predicted molar refractivity (Wildman–Crippen MR) is 62.9 cm³/mol. The van der Waals surface area contributed by atoms with Gasteiger partial charge in [-0.05, 0) is 12.1 Å². The Morgan fingerprint density at radius 3 is 2.76 bits per heavy atom. The molecule has 0 aliphatic heterocycles. The minimum absolute atomic E-state index is 0.123. The van der Waals surface area contributed by atoms with E-state index in [2.05, 4.69) is 15.0 Å². The number of hydrogen-bond donors (Lipinski definition) is 0. The molecule has 3 rings (SSSR count). The maximum absolute atomic E-state index is 11.9. The molecular weight excluding hydrogens is 216 g/mol. The van der Waals surface area contributed by atoms with Crippen molar-refractivity contribution < 1.29 is 0 Å². The van der Waals surface area contributed by atoms with Crippen LogP contribution in [0.5, 0.6) is 0 Å². The van der Waals surface area contributed by atoms with Gasteiger partial charge >= 0.3 is 0 Å². The molecule has 3 heterocycles. The molecule has 82 valence electrons. The van der Waals surface area contributed by atoms with E-state index in [1.807, 2.05) is 0 Å². The normalized spacial score (nSPS) is 10.6. The lowest BCUT2D eigenvalue weighted by molar-refractivity contribution is 0.992. The molecule has 0 amide bonds. The minimum Gasteiger partial charge on any atom is -0.283 e. The summed E-state index contributed by atoms with van der Waals surface area (Å²) in [7, 11) is 0. The molecule has 5 heteroatoms. The molecule has 5 nitrogen and oxygen atoms in total. The van der Waals surface area contributed by atoms with Gasteiger partial charge in [0.25, 0.3) is 5.56 Å². The van der Waals surface area contributed by atoms with Crippen molar-refractivity contribution in [3.63, 3.8) is 0 Å². The van der Waals surface area contributed by atoms with E-state index >= 15 is 0 Å². The van der Waals surface area contributed by atoms with Crippen molar-refractivity contribution in [1.29, 1.82) is 0 Å². The van der Waals surface area contributed by atoms with Crippen LogP contribution in [-0.2, 0) is 0 Å². The molecule has 17 heavy (non-hydrogen) atoms. The Hall–Kier alpha value is -2.56. The van der Waals surface area contributed by atoms with Crippen LogP contribution < -0.4 is 5.56 Å². The monoisotopic (exact) mass is 224 g/mol. The Balaban J connectivity index is 2.31. The quantitative estimate of drug-likeness (QED) is 0.622. The number of nitrogens with zero attached hydrogens (tertiary/aromatic N) is 4. The number of hydrogen-bond acceptors (Lipinski definition) is 4. The summed E-state index contributed by atoms with van der Waals surface area (Å²) in [5.41, 5.74) is 1.30. The summed E-state index contributed by atoms with van der Waals surface area (Å²) >= 11 is 0. The average molecular weight is 224 g/mol. The lowest BCUT2D eigenvalue weighted by atomic mass is 10.3. The molecular formula is C12H8N4O. The molecule has 0 aromatic carbocycles. The summed E-state index contributed by atoms with van der Waals surface area (Å²) in [6, 6.07) is 5.05. The first-order valence-electron chi connectivity index (χ1n) is 5.07. The maximum Gasteiger partial charge on any atom is 0.257 e. The van der Waals surface area contributed by atoms with Crippen LogP contribution in [0.4, 0.5) is 0 Å². The van der Waals surface area contributed by atoms with Crippen LogP contribution in [0.1, 0.15) is 0 Å². The molecule has 0 aliphatic carbocycles. The van der Waals surface area contributed by atoms with Gasteiger partial charge in [0.2, 0.25) is 0 Å².